The van der Waals surface area contributed by atoms with Gasteiger partial charge in [0, 0.05) is 19.5 Å². The van der Waals surface area contributed by atoms with Crippen molar-refractivity contribution < 1.29 is 19.5 Å². The van der Waals surface area contributed by atoms with E-state index in [1.54, 1.807) is 4.90 Å². The fourth-order valence-corrected chi connectivity index (χ4v) is 3.87. The standard InChI is InChI=1S/C19H24N2O4/c1-13(14-7-3-2-4-8-14)21-12-15(11-17(21)22)18(23)20-10-6-5-9-16(20)19(24)25/h2-4,7-8,13,15-16H,5-6,9-12H2,1H3,(H,24,25). The van der Waals surface area contributed by atoms with E-state index < -0.39 is 17.9 Å². The van der Waals surface area contributed by atoms with Crippen LogP contribution in [0.1, 0.15) is 44.2 Å². The van der Waals surface area contributed by atoms with Gasteiger partial charge in [0.2, 0.25) is 11.8 Å². The second-order valence-electron chi connectivity index (χ2n) is 6.92. The normalized spacial score (nSPS) is 25.1. The van der Waals surface area contributed by atoms with Gasteiger partial charge in [-0.25, -0.2) is 4.79 Å². The number of rotatable bonds is 4. The van der Waals surface area contributed by atoms with E-state index in [-0.39, 0.29) is 24.3 Å². The summed E-state index contributed by atoms with van der Waals surface area (Å²) in [6, 6.07) is 8.88. The Bertz CT molecular complexity index is 661. The van der Waals surface area contributed by atoms with E-state index in [1.165, 1.54) is 4.90 Å². The minimum absolute atomic E-state index is 0.0430. The third kappa shape index (κ3) is 3.52. The summed E-state index contributed by atoms with van der Waals surface area (Å²) in [5.41, 5.74) is 1.03. The highest BCUT2D eigenvalue weighted by Gasteiger charge is 2.42. The van der Waals surface area contributed by atoms with E-state index in [1.807, 2.05) is 37.3 Å². The van der Waals surface area contributed by atoms with Gasteiger partial charge in [-0.15, -0.1) is 0 Å². The third-order valence-electron chi connectivity index (χ3n) is 5.33. The molecule has 0 radical (unpaired) electrons. The lowest BCUT2D eigenvalue weighted by Crippen LogP contribution is -2.50. The molecule has 25 heavy (non-hydrogen) atoms. The molecule has 2 heterocycles. The highest BCUT2D eigenvalue weighted by atomic mass is 16.4. The second-order valence-corrected chi connectivity index (χ2v) is 6.92. The smallest absolute Gasteiger partial charge is 0.326 e. The predicted octanol–water partition coefficient (Wildman–Crippen LogP) is 2.06. The number of aliphatic carboxylic acids is 1. The summed E-state index contributed by atoms with van der Waals surface area (Å²) >= 11 is 0. The number of carbonyl (C=O) groups is 3. The van der Waals surface area contributed by atoms with E-state index in [0.717, 1.165) is 18.4 Å². The number of carboxylic acids is 1. The van der Waals surface area contributed by atoms with Gasteiger partial charge in [-0.1, -0.05) is 30.3 Å². The minimum atomic E-state index is -0.952. The van der Waals surface area contributed by atoms with Crippen LogP contribution in [0.2, 0.25) is 0 Å². The van der Waals surface area contributed by atoms with Gasteiger partial charge in [-0.05, 0) is 31.7 Å². The van der Waals surface area contributed by atoms with E-state index in [2.05, 4.69) is 0 Å². The molecule has 6 nitrogen and oxygen atoms in total. The van der Waals surface area contributed by atoms with Gasteiger partial charge in [0.15, 0.2) is 0 Å². The summed E-state index contributed by atoms with van der Waals surface area (Å²) in [6.07, 6.45) is 2.30. The number of carboxylic acid groups (broad SMARTS) is 1. The van der Waals surface area contributed by atoms with E-state index >= 15 is 0 Å². The first-order valence-corrected chi connectivity index (χ1v) is 8.86. The Morgan fingerprint density at radius 3 is 2.60 bits per heavy atom. The van der Waals surface area contributed by atoms with Crippen molar-refractivity contribution in [2.75, 3.05) is 13.1 Å². The SMILES string of the molecule is CC(c1ccccc1)N1CC(C(=O)N2CCCCC2C(=O)O)CC1=O. The molecule has 1 aromatic rings. The molecule has 6 heteroatoms. The molecule has 134 valence electrons. The monoisotopic (exact) mass is 344 g/mol. The van der Waals surface area contributed by atoms with Crippen molar-refractivity contribution in [3.05, 3.63) is 35.9 Å². The lowest BCUT2D eigenvalue weighted by atomic mass is 9.98. The molecule has 1 aromatic carbocycles. The van der Waals surface area contributed by atoms with Crippen LogP contribution in [-0.4, -0.2) is 51.8 Å². The molecule has 2 fully saturated rings. The molecule has 0 bridgehead atoms. The van der Waals surface area contributed by atoms with Gasteiger partial charge >= 0.3 is 5.97 Å². The maximum absolute atomic E-state index is 12.8. The number of likely N-dealkylation sites (tertiary alicyclic amines) is 2. The molecule has 1 N–H and O–H groups in total. The maximum Gasteiger partial charge on any atom is 0.326 e. The molecule has 0 aromatic heterocycles. The van der Waals surface area contributed by atoms with E-state index in [0.29, 0.717) is 19.5 Å². The zero-order valence-electron chi connectivity index (χ0n) is 14.4. The van der Waals surface area contributed by atoms with Gasteiger partial charge in [0.1, 0.15) is 6.04 Å². The Morgan fingerprint density at radius 2 is 1.92 bits per heavy atom. The van der Waals surface area contributed by atoms with Crippen LogP contribution < -0.4 is 0 Å². The Kier molecular flexibility index (Phi) is 5.06. The number of piperidine rings is 1. The van der Waals surface area contributed by atoms with Crippen molar-refractivity contribution in [3.63, 3.8) is 0 Å². The van der Waals surface area contributed by atoms with Crippen LogP contribution in [-0.2, 0) is 14.4 Å². The summed E-state index contributed by atoms with van der Waals surface area (Å²) in [7, 11) is 0. The van der Waals surface area contributed by atoms with Crippen molar-refractivity contribution in [1.82, 2.24) is 9.80 Å². The molecule has 0 spiro atoms. The zero-order valence-corrected chi connectivity index (χ0v) is 14.4. The third-order valence-corrected chi connectivity index (χ3v) is 5.33. The average Bonchev–Trinajstić information content (AvgIpc) is 3.03. The van der Waals surface area contributed by atoms with Gasteiger partial charge < -0.3 is 14.9 Å². The van der Waals surface area contributed by atoms with Crippen molar-refractivity contribution in [2.45, 2.75) is 44.7 Å². The Morgan fingerprint density at radius 1 is 1.20 bits per heavy atom. The molecule has 0 aliphatic carbocycles. The van der Waals surface area contributed by atoms with Crippen molar-refractivity contribution in [2.24, 2.45) is 5.92 Å². The predicted molar refractivity (Wildman–Crippen MR) is 91.7 cm³/mol. The summed E-state index contributed by atoms with van der Waals surface area (Å²) < 4.78 is 0. The second kappa shape index (κ2) is 7.25. The zero-order chi connectivity index (χ0) is 18.0. The molecule has 3 unspecified atom stereocenters. The number of hydrogen-bond donors (Lipinski definition) is 1. The lowest BCUT2D eigenvalue weighted by molar-refractivity contribution is -0.153. The van der Waals surface area contributed by atoms with Crippen molar-refractivity contribution >= 4 is 17.8 Å². The molecule has 2 amide bonds. The summed E-state index contributed by atoms with van der Waals surface area (Å²) in [6.45, 7) is 2.78. The Balaban J connectivity index is 1.71. The fourth-order valence-electron chi connectivity index (χ4n) is 3.87. The number of nitrogens with zero attached hydrogens (tertiary/aromatic N) is 2. The fraction of sp³-hybridized carbons (Fsp3) is 0.526. The highest BCUT2D eigenvalue weighted by Crippen LogP contribution is 2.30. The minimum Gasteiger partial charge on any atom is -0.480 e. The summed E-state index contributed by atoms with van der Waals surface area (Å²) in [5, 5.41) is 9.37. The summed E-state index contributed by atoms with van der Waals surface area (Å²) in [4.78, 5) is 39.9. The topological polar surface area (TPSA) is 77.9 Å². The van der Waals surface area contributed by atoms with Crippen LogP contribution in [0.25, 0.3) is 0 Å². The first-order valence-electron chi connectivity index (χ1n) is 8.86. The molecular formula is C19H24N2O4. The molecule has 2 saturated heterocycles. The van der Waals surface area contributed by atoms with Gasteiger partial charge in [-0.2, -0.15) is 0 Å². The van der Waals surface area contributed by atoms with E-state index in [9.17, 15) is 19.5 Å². The quantitative estimate of drug-likeness (QED) is 0.907. The largest absolute Gasteiger partial charge is 0.480 e. The number of carbonyl (C=O) groups excluding carboxylic acids is 2. The van der Waals surface area contributed by atoms with Gasteiger partial charge in [0.25, 0.3) is 0 Å². The molecule has 0 saturated carbocycles. The molecular weight excluding hydrogens is 320 g/mol. The first-order chi connectivity index (χ1) is 12.0. The molecule has 2 aliphatic rings. The average molecular weight is 344 g/mol. The van der Waals surface area contributed by atoms with Crippen LogP contribution in [0.4, 0.5) is 0 Å². The Hall–Kier alpha value is -2.37. The van der Waals surface area contributed by atoms with Crippen molar-refractivity contribution in [3.8, 4) is 0 Å². The highest BCUT2D eigenvalue weighted by molar-refractivity contribution is 5.91. The molecule has 2 aliphatic heterocycles. The lowest BCUT2D eigenvalue weighted by Gasteiger charge is -2.34. The Labute approximate surface area is 147 Å². The van der Waals surface area contributed by atoms with Crippen molar-refractivity contribution in [1.29, 1.82) is 0 Å². The molecule has 3 rings (SSSR count). The van der Waals surface area contributed by atoms with Crippen LogP contribution >= 0.6 is 0 Å². The summed E-state index contributed by atoms with van der Waals surface area (Å²) in [5.74, 6) is -1.63. The van der Waals surface area contributed by atoms with Gasteiger partial charge in [0.05, 0.1) is 12.0 Å². The van der Waals surface area contributed by atoms with Crippen LogP contribution in [0.3, 0.4) is 0 Å². The number of amides is 2. The first kappa shape index (κ1) is 17.5. The van der Waals surface area contributed by atoms with E-state index in [4.69, 9.17) is 0 Å². The number of benzene rings is 1. The van der Waals surface area contributed by atoms with Crippen LogP contribution in [0.5, 0.6) is 0 Å². The maximum atomic E-state index is 12.8. The van der Waals surface area contributed by atoms with Crippen LogP contribution in [0.15, 0.2) is 30.3 Å². The van der Waals surface area contributed by atoms with Crippen LogP contribution in [0, 0.1) is 5.92 Å². The van der Waals surface area contributed by atoms with Gasteiger partial charge in [-0.3, -0.25) is 9.59 Å². The molecule has 3 atom stereocenters. The number of hydrogen-bond acceptors (Lipinski definition) is 3.